The van der Waals surface area contributed by atoms with Crippen LogP contribution in [0.25, 0.3) is 0 Å². The standard InChI is InChI=1S/C13H5Cl2F3O/c14-7-1-6(2-8(15)3-7)13(19)12-10(17)4-9(16)5-11(12)18/h1-5H. The Balaban J connectivity index is 2.56. The van der Waals surface area contributed by atoms with Crippen LogP contribution in [0.15, 0.2) is 30.3 Å². The van der Waals surface area contributed by atoms with Crippen LogP contribution in [0.4, 0.5) is 13.2 Å². The molecule has 1 nitrogen and oxygen atoms in total. The Kier molecular flexibility index (Phi) is 3.83. The highest BCUT2D eigenvalue weighted by molar-refractivity contribution is 6.35. The van der Waals surface area contributed by atoms with Crippen molar-refractivity contribution in [2.24, 2.45) is 0 Å². The van der Waals surface area contributed by atoms with Crippen molar-refractivity contribution in [3.63, 3.8) is 0 Å². The second-order valence-corrected chi connectivity index (χ2v) is 4.60. The van der Waals surface area contributed by atoms with Crippen LogP contribution in [0.3, 0.4) is 0 Å². The maximum Gasteiger partial charge on any atom is 0.199 e. The first-order chi connectivity index (χ1) is 8.88. The van der Waals surface area contributed by atoms with Crippen LogP contribution in [0.2, 0.25) is 10.0 Å². The van der Waals surface area contributed by atoms with Gasteiger partial charge in [-0.05, 0) is 18.2 Å². The summed E-state index contributed by atoms with van der Waals surface area (Å²) in [4.78, 5) is 12.0. The second-order valence-electron chi connectivity index (χ2n) is 3.73. The van der Waals surface area contributed by atoms with Gasteiger partial charge in [0.15, 0.2) is 5.78 Å². The summed E-state index contributed by atoms with van der Waals surface area (Å²) >= 11 is 11.4. The lowest BCUT2D eigenvalue weighted by atomic mass is 10.0. The largest absolute Gasteiger partial charge is 0.288 e. The van der Waals surface area contributed by atoms with Crippen LogP contribution in [0, 0.1) is 17.5 Å². The molecule has 0 fully saturated rings. The third-order valence-corrected chi connectivity index (χ3v) is 2.80. The highest BCUT2D eigenvalue weighted by atomic mass is 35.5. The second kappa shape index (κ2) is 5.23. The fourth-order valence-electron chi connectivity index (χ4n) is 1.59. The van der Waals surface area contributed by atoms with E-state index in [4.69, 9.17) is 23.2 Å². The van der Waals surface area contributed by atoms with E-state index in [9.17, 15) is 18.0 Å². The number of benzene rings is 2. The third kappa shape index (κ3) is 2.91. The summed E-state index contributed by atoms with van der Waals surface area (Å²) in [6.45, 7) is 0. The maximum atomic E-state index is 13.5. The van der Waals surface area contributed by atoms with Gasteiger partial charge in [0, 0.05) is 27.7 Å². The highest BCUT2D eigenvalue weighted by Gasteiger charge is 2.21. The van der Waals surface area contributed by atoms with Gasteiger partial charge in [-0.15, -0.1) is 0 Å². The maximum absolute atomic E-state index is 13.5. The van der Waals surface area contributed by atoms with Crippen molar-refractivity contribution in [2.75, 3.05) is 0 Å². The number of rotatable bonds is 2. The molecule has 19 heavy (non-hydrogen) atoms. The fraction of sp³-hybridized carbons (Fsp3) is 0. The molecule has 0 saturated heterocycles. The lowest BCUT2D eigenvalue weighted by Crippen LogP contribution is -2.08. The van der Waals surface area contributed by atoms with E-state index in [0.29, 0.717) is 12.1 Å². The van der Waals surface area contributed by atoms with Crippen molar-refractivity contribution < 1.29 is 18.0 Å². The van der Waals surface area contributed by atoms with E-state index in [0.717, 1.165) is 0 Å². The Morgan fingerprint density at radius 3 is 1.79 bits per heavy atom. The Morgan fingerprint density at radius 2 is 1.32 bits per heavy atom. The number of carbonyl (C=O) groups is 1. The summed E-state index contributed by atoms with van der Waals surface area (Å²) in [6, 6.07) is 4.68. The van der Waals surface area contributed by atoms with E-state index < -0.39 is 28.8 Å². The first-order valence-electron chi connectivity index (χ1n) is 5.04. The van der Waals surface area contributed by atoms with Gasteiger partial charge in [-0.2, -0.15) is 0 Å². The number of ketones is 1. The van der Waals surface area contributed by atoms with Gasteiger partial charge in [-0.3, -0.25) is 4.79 Å². The van der Waals surface area contributed by atoms with Crippen LogP contribution < -0.4 is 0 Å². The molecule has 0 N–H and O–H groups in total. The molecule has 0 bridgehead atoms. The number of hydrogen-bond acceptors (Lipinski definition) is 1. The molecule has 0 radical (unpaired) electrons. The van der Waals surface area contributed by atoms with Crippen molar-refractivity contribution in [1.29, 1.82) is 0 Å². The molecule has 6 heteroatoms. The van der Waals surface area contributed by atoms with Crippen molar-refractivity contribution in [3.8, 4) is 0 Å². The third-order valence-electron chi connectivity index (χ3n) is 2.36. The van der Waals surface area contributed by atoms with E-state index in [1.807, 2.05) is 0 Å². The molecule has 98 valence electrons. The molecule has 0 aromatic heterocycles. The van der Waals surface area contributed by atoms with Crippen LogP contribution in [0.5, 0.6) is 0 Å². The summed E-state index contributed by atoms with van der Waals surface area (Å²) in [6.07, 6.45) is 0. The van der Waals surface area contributed by atoms with Crippen molar-refractivity contribution in [2.45, 2.75) is 0 Å². The van der Waals surface area contributed by atoms with Gasteiger partial charge in [0.2, 0.25) is 0 Å². The Morgan fingerprint density at radius 1 is 0.842 bits per heavy atom. The Hall–Kier alpha value is -1.52. The molecule has 2 aromatic carbocycles. The first kappa shape index (κ1) is 13.9. The van der Waals surface area contributed by atoms with E-state index in [-0.39, 0.29) is 15.6 Å². The zero-order valence-corrected chi connectivity index (χ0v) is 10.7. The number of halogens is 5. The van der Waals surface area contributed by atoms with E-state index >= 15 is 0 Å². The molecule has 0 spiro atoms. The SMILES string of the molecule is O=C(c1cc(Cl)cc(Cl)c1)c1c(F)cc(F)cc1F. The quantitative estimate of drug-likeness (QED) is 0.739. The fourth-order valence-corrected chi connectivity index (χ4v) is 2.11. The Labute approximate surface area is 116 Å². The smallest absolute Gasteiger partial charge is 0.199 e. The average Bonchev–Trinajstić information content (AvgIpc) is 2.25. The van der Waals surface area contributed by atoms with Crippen molar-refractivity contribution in [3.05, 3.63) is 69.0 Å². The summed E-state index contributed by atoms with van der Waals surface area (Å²) < 4.78 is 39.7. The van der Waals surface area contributed by atoms with Crippen LogP contribution in [-0.4, -0.2) is 5.78 Å². The normalized spacial score (nSPS) is 10.6. The molecule has 0 aliphatic carbocycles. The van der Waals surface area contributed by atoms with Gasteiger partial charge < -0.3 is 0 Å². The minimum Gasteiger partial charge on any atom is -0.288 e. The molecule has 0 unspecified atom stereocenters. The van der Waals surface area contributed by atoms with E-state index in [1.165, 1.54) is 18.2 Å². The van der Waals surface area contributed by atoms with E-state index in [2.05, 4.69) is 0 Å². The van der Waals surface area contributed by atoms with Gasteiger partial charge in [-0.1, -0.05) is 23.2 Å². The van der Waals surface area contributed by atoms with E-state index in [1.54, 1.807) is 0 Å². The molecule has 0 aliphatic rings. The summed E-state index contributed by atoms with van der Waals surface area (Å²) in [5.74, 6) is -4.62. The zero-order valence-electron chi connectivity index (χ0n) is 9.18. The topological polar surface area (TPSA) is 17.1 Å². The van der Waals surface area contributed by atoms with Gasteiger partial charge in [0.25, 0.3) is 0 Å². The number of carbonyl (C=O) groups excluding carboxylic acids is 1. The first-order valence-corrected chi connectivity index (χ1v) is 5.79. The molecule has 0 saturated carbocycles. The van der Waals surface area contributed by atoms with Crippen LogP contribution in [0.1, 0.15) is 15.9 Å². The minimum absolute atomic E-state index is 0.0816. The van der Waals surface area contributed by atoms with Gasteiger partial charge >= 0.3 is 0 Å². The molecule has 2 aromatic rings. The molecule has 0 atom stereocenters. The van der Waals surface area contributed by atoms with Crippen molar-refractivity contribution >= 4 is 29.0 Å². The van der Waals surface area contributed by atoms with Crippen LogP contribution >= 0.6 is 23.2 Å². The van der Waals surface area contributed by atoms with Gasteiger partial charge in [0.1, 0.15) is 17.5 Å². The lowest BCUT2D eigenvalue weighted by Gasteiger charge is -2.06. The minimum atomic E-state index is -1.28. The average molecular weight is 305 g/mol. The molecule has 0 aliphatic heterocycles. The molecule has 0 amide bonds. The number of hydrogen-bond donors (Lipinski definition) is 0. The summed E-state index contributed by atoms with van der Waals surface area (Å²) in [7, 11) is 0. The molecular formula is C13H5Cl2F3O. The predicted molar refractivity (Wildman–Crippen MR) is 66.2 cm³/mol. The molecular weight excluding hydrogens is 300 g/mol. The monoisotopic (exact) mass is 304 g/mol. The molecule has 0 heterocycles. The van der Waals surface area contributed by atoms with Gasteiger partial charge in [0.05, 0.1) is 5.56 Å². The highest BCUT2D eigenvalue weighted by Crippen LogP contribution is 2.24. The summed E-state index contributed by atoms with van der Waals surface area (Å²) in [5.41, 5.74) is -0.929. The molecule has 2 rings (SSSR count). The van der Waals surface area contributed by atoms with Crippen molar-refractivity contribution in [1.82, 2.24) is 0 Å². The van der Waals surface area contributed by atoms with Gasteiger partial charge in [-0.25, -0.2) is 13.2 Å². The summed E-state index contributed by atoms with van der Waals surface area (Å²) in [5, 5.41) is 0.303. The zero-order chi connectivity index (χ0) is 14.2. The van der Waals surface area contributed by atoms with Crippen LogP contribution in [-0.2, 0) is 0 Å². The predicted octanol–water partition coefficient (Wildman–Crippen LogP) is 4.64. The lowest BCUT2D eigenvalue weighted by molar-refractivity contribution is 0.103. The Bertz CT molecular complexity index is 628.